The number of carbonyl (C=O) groups is 1. The van der Waals surface area contributed by atoms with Gasteiger partial charge in [0.25, 0.3) is 5.91 Å². The van der Waals surface area contributed by atoms with Gasteiger partial charge >= 0.3 is 5.63 Å². The summed E-state index contributed by atoms with van der Waals surface area (Å²) in [6.07, 6.45) is 0. The molecule has 29 heavy (non-hydrogen) atoms. The van der Waals surface area contributed by atoms with Crippen molar-refractivity contribution in [1.82, 2.24) is 0 Å². The second-order valence-electron chi connectivity index (χ2n) is 6.59. The van der Waals surface area contributed by atoms with E-state index in [2.05, 4.69) is 5.32 Å². The third kappa shape index (κ3) is 3.21. The summed E-state index contributed by atoms with van der Waals surface area (Å²) in [6.45, 7) is 0.150. The summed E-state index contributed by atoms with van der Waals surface area (Å²) in [7, 11) is 0. The average molecular weight is 385 g/mol. The van der Waals surface area contributed by atoms with Crippen LogP contribution in [-0.2, 0) is 0 Å². The van der Waals surface area contributed by atoms with Crippen LogP contribution in [0.3, 0.4) is 0 Å². The second kappa shape index (κ2) is 6.83. The molecule has 4 aromatic rings. The molecule has 1 amide bonds. The van der Waals surface area contributed by atoms with E-state index in [9.17, 15) is 9.59 Å². The lowest BCUT2D eigenvalue weighted by molar-refractivity contribution is 0.102. The molecule has 5 rings (SSSR count). The van der Waals surface area contributed by atoms with Crippen LogP contribution in [-0.4, -0.2) is 12.7 Å². The topological polar surface area (TPSA) is 77.8 Å². The standard InChI is InChI=1S/C23H15NO5/c25-22(16-8-9-20-21(12-16)28-13-27-20)24-17-6-3-5-14(10-17)18-11-15-4-1-2-7-19(15)29-23(18)26/h1-12H,13H2,(H,24,25). The highest BCUT2D eigenvalue weighted by Crippen LogP contribution is 2.32. The van der Waals surface area contributed by atoms with Crippen LogP contribution < -0.4 is 20.4 Å². The molecule has 1 aromatic heterocycles. The first kappa shape index (κ1) is 17.1. The number of benzene rings is 3. The predicted octanol–water partition coefficient (Wildman–Crippen LogP) is 4.44. The normalized spacial score (nSPS) is 12.1. The van der Waals surface area contributed by atoms with Crippen LogP contribution in [0.2, 0.25) is 0 Å². The summed E-state index contributed by atoms with van der Waals surface area (Å²) in [4.78, 5) is 25.0. The van der Waals surface area contributed by atoms with Crippen molar-refractivity contribution in [2.75, 3.05) is 12.1 Å². The van der Waals surface area contributed by atoms with E-state index in [1.807, 2.05) is 18.2 Å². The highest BCUT2D eigenvalue weighted by Gasteiger charge is 2.16. The number of nitrogens with one attached hydrogen (secondary N) is 1. The van der Waals surface area contributed by atoms with Crippen LogP contribution in [0.25, 0.3) is 22.1 Å². The smallest absolute Gasteiger partial charge is 0.344 e. The Morgan fingerprint density at radius 3 is 2.66 bits per heavy atom. The quantitative estimate of drug-likeness (QED) is 0.528. The van der Waals surface area contributed by atoms with Gasteiger partial charge in [0.05, 0.1) is 5.56 Å². The van der Waals surface area contributed by atoms with Gasteiger partial charge in [-0.15, -0.1) is 0 Å². The maximum atomic E-state index is 12.6. The Morgan fingerprint density at radius 1 is 0.862 bits per heavy atom. The zero-order valence-corrected chi connectivity index (χ0v) is 15.2. The van der Waals surface area contributed by atoms with Gasteiger partial charge < -0.3 is 19.2 Å². The van der Waals surface area contributed by atoms with E-state index in [4.69, 9.17) is 13.9 Å². The number of hydrogen-bond donors (Lipinski definition) is 1. The van der Waals surface area contributed by atoms with E-state index < -0.39 is 5.63 Å². The Morgan fingerprint density at radius 2 is 1.72 bits per heavy atom. The molecular weight excluding hydrogens is 370 g/mol. The minimum absolute atomic E-state index is 0.150. The zero-order chi connectivity index (χ0) is 19.8. The largest absolute Gasteiger partial charge is 0.454 e. The van der Waals surface area contributed by atoms with E-state index in [0.717, 1.165) is 5.39 Å². The monoisotopic (exact) mass is 385 g/mol. The van der Waals surface area contributed by atoms with Crippen LogP contribution in [0.5, 0.6) is 11.5 Å². The third-order valence-electron chi connectivity index (χ3n) is 4.71. The fourth-order valence-corrected chi connectivity index (χ4v) is 3.27. The highest BCUT2D eigenvalue weighted by atomic mass is 16.7. The van der Waals surface area contributed by atoms with Gasteiger partial charge in [0, 0.05) is 16.6 Å². The zero-order valence-electron chi connectivity index (χ0n) is 15.2. The lowest BCUT2D eigenvalue weighted by Gasteiger charge is -2.08. The van der Waals surface area contributed by atoms with Crippen molar-refractivity contribution >= 4 is 22.6 Å². The Labute approximate surface area is 165 Å². The molecule has 6 nitrogen and oxygen atoms in total. The molecule has 0 unspecified atom stereocenters. The van der Waals surface area contributed by atoms with Gasteiger partial charge in [0.1, 0.15) is 5.58 Å². The SMILES string of the molecule is O=C(Nc1cccc(-c2cc3ccccc3oc2=O)c1)c1ccc2c(c1)OCO2. The summed E-state index contributed by atoms with van der Waals surface area (Å²) in [6, 6.07) is 21.2. The summed E-state index contributed by atoms with van der Waals surface area (Å²) in [5.41, 5.74) is 2.22. The van der Waals surface area contributed by atoms with E-state index in [1.165, 1.54) is 0 Å². The molecule has 0 atom stereocenters. The van der Waals surface area contributed by atoms with Gasteiger partial charge in [-0.25, -0.2) is 4.79 Å². The number of para-hydroxylation sites is 1. The molecular formula is C23H15NO5. The highest BCUT2D eigenvalue weighted by molar-refractivity contribution is 6.05. The average Bonchev–Trinajstić information content (AvgIpc) is 3.21. The van der Waals surface area contributed by atoms with Crippen molar-refractivity contribution in [2.45, 2.75) is 0 Å². The molecule has 1 aliphatic rings. The lowest BCUT2D eigenvalue weighted by atomic mass is 10.1. The van der Waals surface area contributed by atoms with Crippen LogP contribution in [0.15, 0.2) is 82.0 Å². The van der Waals surface area contributed by atoms with E-state index in [1.54, 1.807) is 54.6 Å². The Bertz CT molecular complexity index is 1310. The molecule has 0 spiro atoms. The Balaban J connectivity index is 1.45. The lowest BCUT2D eigenvalue weighted by Crippen LogP contribution is -2.12. The fraction of sp³-hybridized carbons (Fsp3) is 0.0435. The number of hydrogen-bond acceptors (Lipinski definition) is 5. The molecule has 0 aliphatic carbocycles. The summed E-state index contributed by atoms with van der Waals surface area (Å²) < 4.78 is 16.0. The van der Waals surface area contributed by atoms with Crippen molar-refractivity contribution in [2.24, 2.45) is 0 Å². The third-order valence-corrected chi connectivity index (χ3v) is 4.71. The van der Waals surface area contributed by atoms with E-state index >= 15 is 0 Å². The maximum Gasteiger partial charge on any atom is 0.344 e. The first-order valence-electron chi connectivity index (χ1n) is 9.02. The number of carbonyl (C=O) groups excluding carboxylic acids is 1. The Kier molecular flexibility index (Phi) is 4.02. The van der Waals surface area contributed by atoms with Crippen LogP contribution in [0.4, 0.5) is 5.69 Å². The van der Waals surface area contributed by atoms with Gasteiger partial charge in [-0.2, -0.15) is 0 Å². The van der Waals surface area contributed by atoms with Gasteiger partial charge in [0.15, 0.2) is 11.5 Å². The van der Waals surface area contributed by atoms with Gasteiger partial charge in [-0.05, 0) is 48.0 Å². The summed E-state index contributed by atoms with van der Waals surface area (Å²) >= 11 is 0. The van der Waals surface area contributed by atoms with Gasteiger partial charge in [-0.3, -0.25) is 4.79 Å². The molecule has 3 aromatic carbocycles. The molecule has 0 bridgehead atoms. The molecule has 142 valence electrons. The fourth-order valence-electron chi connectivity index (χ4n) is 3.27. The van der Waals surface area contributed by atoms with Crippen molar-refractivity contribution in [1.29, 1.82) is 0 Å². The van der Waals surface area contributed by atoms with Gasteiger partial charge in [0.2, 0.25) is 6.79 Å². The molecule has 0 saturated heterocycles. The van der Waals surface area contributed by atoms with Gasteiger partial charge in [-0.1, -0.05) is 30.3 Å². The Hall–Kier alpha value is -4.06. The minimum Gasteiger partial charge on any atom is -0.454 e. The van der Waals surface area contributed by atoms with E-state index in [0.29, 0.717) is 39.5 Å². The van der Waals surface area contributed by atoms with Crippen LogP contribution in [0.1, 0.15) is 10.4 Å². The summed E-state index contributed by atoms with van der Waals surface area (Å²) in [5, 5.41) is 3.68. The molecule has 0 saturated carbocycles. The van der Waals surface area contributed by atoms with Crippen LogP contribution in [0, 0.1) is 0 Å². The first-order valence-corrected chi connectivity index (χ1v) is 9.02. The first-order chi connectivity index (χ1) is 14.2. The van der Waals surface area contributed by atoms with Crippen LogP contribution >= 0.6 is 0 Å². The number of anilines is 1. The number of ether oxygens (including phenoxy) is 2. The minimum atomic E-state index is -0.428. The number of fused-ring (bicyclic) bond motifs is 2. The molecule has 1 N–H and O–H groups in total. The molecule has 0 fully saturated rings. The second-order valence-corrected chi connectivity index (χ2v) is 6.59. The van der Waals surface area contributed by atoms with Crippen molar-refractivity contribution in [3.8, 4) is 22.6 Å². The molecule has 6 heteroatoms. The van der Waals surface area contributed by atoms with Crippen molar-refractivity contribution in [3.63, 3.8) is 0 Å². The van der Waals surface area contributed by atoms with Crippen molar-refractivity contribution < 1.29 is 18.7 Å². The van der Waals surface area contributed by atoms with E-state index in [-0.39, 0.29) is 12.7 Å². The number of amides is 1. The molecule has 1 aliphatic heterocycles. The maximum absolute atomic E-state index is 12.6. The molecule has 0 radical (unpaired) electrons. The summed E-state index contributed by atoms with van der Waals surface area (Å²) in [5.74, 6) is 0.873. The van der Waals surface area contributed by atoms with Crippen molar-refractivity contribution in [3.05, 3.63) is 88.8 Å². The predicted molar refractivity (Wildman–Crippen MR) is 108 cm³/mol. The number of rotatable bonds is 3. The molecule has 2 heterocycles.